The zero-order valence-electron chi connectivity index (χ0n) is 13.2. The third kappa shape index (κ3) is 2.10. The van der Waals surface area contributed by atoms with Gasteiger partial charge in [-0.25, -0.2) is 0 Å². The number of fused-ring (bicyclic) bond motifs is 2. The summed E-state index contributed by atoms with van der Waals surface area (Å²) in [4.78, 5) is 11.9. The number of hydrogen-bond acceptors (Lipinski definition) is 3. The van der Waals surface area contributed by atoms with E-state index >= 15 is 0 Å². The lowest BCUT2D eigenvalue weighted by atomic mass is 9.69. The van der Waals surface area contributed by atoms with Crippen molar-refractivity contribution < 1.29 is 9.53 Å². The maximum atomic E-state index is 11.9. The second-order valence-corrected chi connectivity index (χ2v) is 7.57. The van der Waals surface area contributed by atoms with Gasteiger partial charge in [0.2, 0.25) is 0 Å². The second-order valence-electron chi connectivity index (χ2n) is 7.57. The zero-order chi connectivity index (χ0) is 14.4. The molecule has 0 spiro atoms. The molecule has 4 atom stereocenters. The van der Waals surface area contributed by atoms with Gasteiger partial charge in [-0.3, -0.25) is 4.79 Å². The van der Waals surface area contributed by atoms with E-state index in [1.807, 2.05) is 0 Å². The zero-order valence-corrected chi connectivity index (χ0v) is 13.2. The first-order valence-electron chi connectivity index (χ1n) is 7.58. The van der Waals surface area contributed by atoms with Crippen molar-refractivity contribution in [3.05, 3.63) is 0 Å². The summed E-state index contributed by atoms with van der Waals surface area (Å²) in [5.74, 6) is 0.929. The second kappa shape index (κ2) is 4.76. The van der Waals surface area contributed by atoms with Gasteiger partial charge in [-0.15, -0.1) is 0 Å². The largest absolute Gasteiger partial charge is 0.468 e. The molecule has 110 valence electrons. The van der Waals surface area contributed by atoms with Crippen LogP contribution in [0.4, 0.5) is 0 Å². The van der Waals surface area contributed by atoms with Gasteiger partial charge in [0.25, 0.3) is 0 Å². The molecule has 2 aliphatic carbocycles. The number of methoxy groups -OCH3 is 1. The molecule has 0 aliphatic heterocycles. The molecular weight excluding hydrogens is 238 g/mol. The molecule has 2 bridgehead atoms. The Morgan fingerprint density at radius 1 is 1.32 bits per heavy atom. The van der Waals surface area contributed by atoms with E-state index < -0.39 is 0 Å². The Bertz CT molecular complexity index is 364. The van der Waals surface area contributed by atoms with Crippen LogP contribution in [0.15, 0.2) is 0 Å². The molecule has 0 amide bonds. The summed E-state index contributed by atoms with van der Waals surface area (Å²) in [7, 11) is 1.48. The lowest BCUT2D eigenvalue weighted by molar-refractivity contribution is -0.145. The minimum absolute atomic E-state index is 0.126. The lowest BCUT2D eigenvalue weighted by Crippen LogP contribution is -2.53. The molecule has 19 heavy (non-hydrogen) atoms. The highest BCUT2D eigenvalue weighted by Crippen LogP contribution is 2.65. The monoisotopic (exact) mass is 267 g/mol. The van der Waals surface area contributed by atoms with Crippen molar-refractivity contribution >= 4 is 5.97 Å². The summed E-state index contributed by atoms with van der Waals surface area (Å²) in [5.41, 5.74) is 0.682. The maximum absolute atomic E-state index is 11.9. The molecule has 2 rings (SSSR count). The molecule has 0 saturated heterocycles. The van der Waals surface area contributed by atoms with Crippen molar-refractivity contribution in [1.82, 2.24) is 5.32 Å². The third-order valence-electron chi connectivity index (χ3n) is 6.30. The summed E-state index contributed by atoms with van der Waals surface area (Å²) in [6, 6.07) is 0.259. The van der Waals surface area contributed by atoms with E-state index in [1.54, 1.807) is 0 Å². The first-order chi connectivity index (χ1) is 8.74. The predicted octanol–water partition coefficient (Wildman–Crippen LogP) is 2.99. The van der Waals surface area contributed by atoms with E-state index in [9.17, 15) is 4.79 Å². The van der Waals surface area contributed by atoms with Gasteiger partial charge < -0.3 is 10.1 Å². The molecule has 0 aromatic carbocycles. The molecule has 0 heterocycles. The van der Waals surface area contributed by atoms with Gasteiger partial charge in [-0.1, -0.05) is 34.6 Å². The fraction of sp³-hybridized carbons (Fsp3) is 0.938. The standard InChI is InChI=1S/C16H29NO2/c1-10(2)13(14(18)19-6)17-12-9-11-7-8-16(12,5)15(11,3)4/h10-13,17H,7-9H2,1-6H3. The Morgan fingerprint density at radius 3 is 2.32 bits per heavy atom. The van der Waals surface area contributed by atoms with Crippen LogP contribution in [0.3, 0.4) is 0 Å². The number of carbonyl (C=O) groups excluding carboxylic acids is 1. The molecule has 4 unspecified atom stereocenters. The highest BCUT2D eigenvalue weighted by Gasteiger charge is 2.61. The number of nitrogens with one attached hydrogen (secondary N) is 1. The topological polar surface area (TPSA) is 38.3 Å². The van der Waals surface area contributed by atoms with Crippen molar-refractivity contribution in [3.63, 3.8) is 0 Å². The number of esters is 1. The average molecular weight is 267 g/mol. The first kappa shape index (κ1) is 14.8. The summed E-state index contributed by atoms with van der Waals surface area (Å²) in [5, 5.41) is 3.62. The molecule has 2 aliphatic rings. The molecule has 0 aromatic heterocycles. The van der Waals surface area contributed by atoms with E-state index in [4.69, 9.17) is 4.74 Å². The van der Waals surface area contributed by atoms with Crippen molar-refractivity contribution in [2.24, 2.45) is 22.7 Å². The van der Waals surface area contributed by atoms with Gasteiger partial charge in [0.15, 0.2) is 0 Å². The smallest absolute Gasteiger partial charge is 0.323 e. The van der Waals surface area contributed by atoms with Crippen LogP contribution < -0.4 is 5.32 Å². The molecule has 3 heteroatoms. The highest BCUT2D eigenvalue weighted by molar-refractivity contribution is 5.76. The minimum atomic E-state index is -0.179. The molecule has 1 N–H and O–H groups in total. The summed E-state index contributed by atoms with van der Waals surface area (Å²) >= 11 is 0. The highest BCUT2D eigenvalue weighted by atomic mass is 16.5. The van der Waals surface area contributed by atoms with Crippen LogP contribution in [-0.2, 0) is 9.53 Å². The van der Waals surface area contributed by atoms with Gasteiger partial charge in [-0.05, 0) is 41.9 Å². The molecule has 3 nitrogen and oxygen atoms in total. The van der Waals surface area contributed by atoms with Crippen molar-refractivity contribution in [1.29, 1.82) is 0 Å². The maximum Gasteiger partial charge on any atom is 0.323 e. The van der Waals surface area contributed by atoms with Gasteiger partial charge in [0.05, 0.1) is 7.11 Å². The van der Waals surface area contributed by atoms with Gasteiger partial charge >= 0.3 is 5.97 Å². The van der Waals surface area contributed by atoms with E-state index in [0.717, 1.165) is 5.92 Å². The average Bonchev–Trinajstić information content (AvgIpc) is 2.67. The lowest BCUT2D eigenvalue weighted by Gasteiger charge is -2.41. The third-order valence-corrected chi connectivity index (χ3v) is 6.30. The van der Waals surface area contributed by atoms with E-state index in [-0.39, 0.29) is 17.9 Å². The summed E-state index contributed by atoms with van der Waals surface area (Å²) in [6.45, 7) is 11.3. The fourth-order valence-corrected chi connectivity index (χ4v) is 4.33. The fourth-order valence-electron chi connectivity index (χ4n) is 4.33. The molecule has 2 fully saturated rings. The Balaban J connectivity index is 2.14. The van der Waals surface area contributed by atoms with E-state index in [1.165, 1.54) is 26.4 Å². The Kier molecular flexibility index (Phi) is 3.72. The van der Waals surface area contributed by atoms with Gasteiger partial charge in [0.1, 0.15) is 6.04 Å². The number of hydrogen-bond donors (Lipinski definition) is 1. The van der Waals surface area contributed by atoms with Crippen LogP contribution >= 0.6 is 0 Å². The minimum Gasteiger partial charge on any atom is -0.468 e. The first-order valence-corrected chi connectivity index (χ1v) is 7.58. The Hall–Kier alpha value is -0.570. The molecule has 2 saturated carbocycles. The number of carbonyl (C=O) groups is 1. The van der Waals surface area contributed by atoms with Crippen LogP contribution in [0, 0.1) is 22.7 Å². The normalized spacial score (nSPS) is 37.6. The van der Waals surface area contributed by atoms with Crippen LogP contribution in [0.2, 0.25) is 0 Å². The Labute approximate surface area is 117 Å². The van der Waals surface area contributed by atoms with Gasteiger partial charge in [0, 0.05) is 6.04 Å². The number of rotatable bonds is 4. The SMILES string of the molecule is COC(=O)C(NC1CC2CCC1(C)C2(C)C)C(C)C. The summed E-state index contributed by atoms with van der Waals surface area (Å²) < 4.78 is 4.95. The van der Waals surface area contributed by atoms with E-state index in [0.29, 0.717) is 16.9 Å². The molecule has 0 radical (unpaired) electrons. The van der Waals surface area contributed by atoms with Crippen LogP contribution in [0.25, 0.3) is 0 Å². The summed E-state index contributed by atoms with van der Waals surface area (Å²) in [6.07, 6.45) is 3.81. The van der Waals surface area contributed by atoms with Crippen molar-refractivity contribution in [2.45, 2.75) is 66.0 Å². The predicted molar refractivity (Wildman–Crippen MR) is 76.8 cm³/mol. The van der Waals surface area contributed by atoms with Crippen LogP contribution in [0.1, 0.15) is 53.9 Å². The molecular formula is C16H29NO2. The van der Waals surface area contributed by atoms with Crippen LogP contribution in [-0.4, -0.2) is 25.2 Å². The van der Waals surface area contributed by atoms with Crippen molar-refractivity contribution in [2.75, 3.05) is 7.11 Å². The Morgan fingerprint density at radius 2 is 1.95 bits per heavy atom. The van der Waals surface area contributed by atoms with Crippen LogP contribution in [0.5, 0.6) is 0 Å². The van der Waals surface area contributed by atoms with Gasteiger partial charge in [-0.2, -0.15) is 0 Å². The quantitative estimate of drug-likeness (QED) is 0.796. The number of ether oxygens (including phenoxy) is 1. The molecule has 0 aromatic rings. The van der Waals surface area contributed by atoms with E-state index in [2.05, 4.69) is 39.9 Å². The van der Waals surface area contributed by atoms with Crippen molar-refractivity contribution in [3.8, 4) is 0 Å².